The number of carbonyl (C=O) groups excluding carboxylic acids is 1. The Kier molecular flexibility index (Phi) is 3.93. The van der Waals surface area contributed by atoms with Crippen molar-refractivity contribution < 1.29 is 14.3 Å². The third kappa shape index (κ3) is 3.19. The minimum Gasteiger partial charge on any atom is -0.465 e. The molecule has 2 aromatic rings. The molecule has 0 unspecified atom stereocenters. The molecule has 0 radical (unpaired) electrons. The quantitative estimate of drug-likeness (QED) is 0.786. The number of benzene rings is 1. The molecule has 0 aliphatic heterocycles. The molecule has 0 fully saturated rings. The van der Waals surface area contributed by atoms with Crippen molar-refractivity contribution in [2.75, 3.05) is 7.11 Å². The minimum absolute atomic E-state index is 0.350. The summed E-state index contributed by atoms with van der Waals surface area (Å²) in [5.74, 6) is 0.698. The Bertz CT molecular complexity index is 591. The summed E-state index contributed by atoms with van der Waals surface area (Å²) in [6, 6.07) is 9.00. The van der Waals surface area contributed by atoms with Crippen molar-refractivity contribution in [1.29, 1.82) is 0 Å². The lowest BCUT2D eigenvalue weighted by atomic mass is 10.2. The van der Waals surface area contributed by atoms with Gasteiger partial charge in [-0.15, -0.1) is 0 Å². The Hall–Kier alpha value is -2.62. The van der Waals surface area contributed by atoms with Crippen molar-refractivity contribution >= 4 is 12.0 Å². The van der Waals surface area contributed by atoms with Crippen LogP contribution in [0.1, 0.15) is 15.9 Å². The molecule has 0 N–H and O–H groups in total. The van der Waals surface area contributed by atoms with E-state index in [1.807, 2.05) is 24.3 Å². The third-order valence-corrected chi connectivity index (χ3v) is 2.49. The number of nitrogens with zero attached hydrogens (tertiary/aromatic N) is 1. The Morgan fingerprint density at radius 1 is 1.21 bits per heavy atom. The molecule has 2 rings (SSSR count). The Labute approximate surface area is 111 Å². The van der Waals surface area contributed by atoms with Crippen LogP contribution in [0.4, 0.5) is 0 Å². The van der Waals surface area contributed by atoms with Gasteiger partial charge in [0.1, 0.15) is 11.5 Å². The summed E-state index contributed by atoms with van der Waals surface area (Å²) in [7, 11) is 1.32. The van der Waals surface area contributed by atoms with Crippen molar-refractivity contribution in [3.63, 3.8) is 0 Å². The normalized spacial score (nSPS) is 9.74. The standard InChI is InChI=1S/C15H13NO3/c1-3-11-4-6-13(7-5-11)19-14-8-12(9-16-10-14)15(17)18-2/h3-10H,1H2,2H3. The monoisotopic (exact) mass is 255 g/mol. The number of hydrogen-bond donors (Lipinski definition) is 0. The van der Waals surface area contributed by atoms with Crippen LogP contribution < -0.4 is 4.74 Å². The molecular weight excluding hydrogens is 242 g/mol. The van der Waals surface area contributed by atoms with Crippen molar-refractivity contribution in [2.45, 2.75) is 0 Å². The van der Waals surface area contributed by atoms with Gasteiger partial charge >= 0.3 is 5.97 Å². The maximum Gasteiger partial charge on any atom is 0.339 e. The molecule has 19 heavy (non-hydrogen) atoms. The molecule has 1 aromatic heterocycles. The van der Waals surface area contributed by atoms with E-state index in [0.717, 1.165) is 5.56 Å². The summed E-state index contributed by atoms with van der Waals surface area (Å²) >= 11 is 0. The summed E-state index contributed by atoms with van der Waals surface area (Å²) in [4.78, 5) is 15.3. The molecule has 4 heteroatoms. The maximum absolute atomic E-state index is 11.4. The van der Waals surface area contributed by atoms with Crippen LogP contribution in [0.3, 0.4) is 0 Å². The number of rotatable bonds is 4. The van der Waals surface area contributed by atoms with Gasteiger partial charge in [-0.1, -0.05) is 24.8 Å². The highest BCUT2D eigenvalue weighted by Gasteiger charge is 2.07. The number of hydrogen-bond acceptors (Lipinski definition) is 4. The summed E-state index contributed by atoms with van der Waals surface area (Å²) in [5.41, 5.74) is 1.36. The number of methoxy groups -OCH3 is 1. The summed E-state index contributed by atoms with van der Waals surface area (Å²) in [6.07, 6.45) is 4.72. The van der Waals surface area contributed by atoms with Gasteiger partial charge in [0.15, 0.2) is 0 Å². The first-order chi connectivity index (χ1) is 9.22. The lowest BCUT2D eigenvalue weighted by molar-refractivity contribution is 0.0600. The van der Waals surface area contributed by atoms with E-state index in [4.69, 9.17) is 4.74 Å². The number of carbonyl (C=O) groups is 1. The fourth-order valence-corrected chi connectivity index (χ4v) is 1.51. The fourth-order valence-electron chi connectivity index (χ4n) is 1.51. The Morgan fingerprint density at radius 2 is 1.95 bits per heavy atom. The first-order valence-corrected chi connectivity index (χ1v) is 5.66. The molecule has 0 saturated carbocycles. The number of esters is 1. The van der Waals surface area contributed by atoms with Crippen LogP contribution in [-0.2, 0) is 4.74 Å². The molecule has 0 aliphatic carbocycles. The lowest BCUT2D eigenvalue weighted by Gasteiger charge is -2.06. The minimum atomic E-state index is -0.444. The van der Waals surface area contributed by atoms with Crippen molar-refractivity contribution in [3.05, 3.63) is 60.4 Å². The van der Waals surface area contributed by atoms with E-state index in [1.165, 1.54) is 19.5 Å². The van der Waals surface area contributed by atoms with E-state index >= 15 is 0 Å². The summed E-state index contributed by atoms with van der Waals surface area (Å²) in [5, 5.41) is 0. The third-order valence-electron chi connectivity index (χ3n) is 2.49. The van der Waals surface area contributed by atoms with Crippen LogP contribution >= 0.6 is 0 Å². The second kappa shape index (κ2) is 5.82. The Morgan fingerprint density at radius 3 is 2.58 bits per heavy atom. The first kappa shape index (κ1) is 12.8. The lowest BCUT2D eigenvalue weighted by Crippen LogP contribution is -2.01. The fraction of sp³-hybridized carbons (Fsp3) is 0.0667. The van der Waals surface area contributed by atoms with Gasteiger partial charge in [-0.25, -0.2) is 4.79 Å². The average Bonchev–Trinajstić information content (AvgIpc) is 2.47. The predicted octanol–water partition coefficient (Wildman–Crippen LogP) is 3.30. The highest BCUT2D eigenvalue weighted by Crippen LogP contribution is 2.22. The topological polar surface area (TPSA) is 48.4 Å². The summed E-state index contributed by atoms with van der Waals surface area (Å²) in [6.45, 7) is 3.68. The molecule has 0 atom stereocenters. The van der Waals surface area contributed by atoms with Gasteiger partial charge in [0.25, 0.3) is 0 Å². The number of aromatic nitrogens is 1. The smallest absolute Gasteiger partial charge is 0.339 e. The van der Waals surface area contributed by atoms with Crippen LogP contribution in [0, 0.1) is 0 Å². The summed E-state index contributed by atoms with van der Waals surface area (Å²) < 4.78 is 10.2. The first-order valence-electron chi connectivity index (χ1n) is 5.66. The zero-order chi connectivity index (χ0) is 13.7. The SMILES string of the molecule is C=Cc1ccc(Oc2cncc(C(=O)OC)c2)cc1. The van der Waals surface area contributed by atoms with Crippen LogP contribution in [0.25, 0.3) is 6.08 Å². The number of ether oxygens (including phenoxy) is 2. The van der Waals surface area contributed by atoms with Gasteiger partial charge in [0, 0.05) is 6.20 Å². The van der Waals surface area contributed by atoms with Crippen molar-refractivity contribution in [3.8, 4) is 11.5 Å². The second-order valence-corrected chi connectivity index (χ2v) is 3.78. The molecule has 1 heterocycles. The average molecular weight is 255 g/mol. The van der Waals surface area contributed by atoms with Crippen LogP contribution in [-0.4, -0.2) is 18.1 Å². The van der Waals surface area contributed by atoms with Gasteiger partial charge in [-0.3, -0.25) is 4.98 Å². The van der Waals surface area contributed by atoms with Crippen LogP contribution in [0.2, 0.25) is 0 Å². The molecule has 4 nitrogen and oxygen atoms in total. The van der Waals surface area contributed by atoms with Gasteiger partial charge in [0.05, 0.1) is 18.9 Å². The van der Waals surface area contributed by atoms with Crippen molar-refractivity contribution in [1.82, 2.24) is 4.98 Å². The largest absolute Gasteiger partial charge is 0.465 e. The van der Waals surface area contributed by atoms with E-state index in [2.05, 4.69) is 16.3 Å². The molecule has 0 bridgehead atoms. The van der Waals surface area contributed by atoms with Crippen molar-refractivity contribution in [2.24, 2.45) is 0 Å². The highest BCUT2D eigenvalue weighted by molar-refractivity contribution is 5.89. The molecule has 0 saturated heterocycles. The highest BCUT2D eigenvalue weighted by atomic mass is 16.5. The second-order valence-electron chi connectivity index (χ2n) is 3.78. The van der Waals surface area contributed by atoms with Gasteiger partial charge in [0.2, 0.25) is 0 Å². The molecular formula is C15H13NO3. The molecule has 1 aromatic carbocycles. The molecule has 0 amide bonds. The zero-order valence-electron chi connectivity index (χ0n) is 10.5. The van der Waals surface area contributed by atoms with Gasteiger partial charge in [-0.05, 0) is 23.8 Å². The zero-order valence-corrected chi connectivity index (χ0v) is 10.5. The van der Waals surface area contributed by atoms with Gasteiger partial charge < -0.3 is 9.47 Å². The number of pyridine rings is 1. The van der Waals surface area contributed by atoms with Crippen LogP contribution in [0.15, 0.2) is 49.3 Å². The van der Waals surface area contributed by atoms with E-state index in [9.17, 15) is 4.79 Å². The van der Waals surface area contributed by atoms with E-state index in [-0.39, 0.29) is 0 Å². The van der Waals surface area contributed by atoms with Gasteiger partial charge in [-0.2, -0.15) is 0 Å². The van der Waals surface area contributed by atoms with E-state index < -0.39 is 5.97 Å². The Balaban J connectivity index is 2.18. The maximum atomic E-state index is 11.4. The van der Waals surface area contributed by atoms with E-state index in [1.54, 1.807) is 12.1 Å². The molecule has 0 aliphatic rings. The van der Waals surface area contributed by atoms with Crippen LogP contribution in [0.5, 0.6) is 11.5 Å². The van der Waals surface area contributed by atoms with E-state index in [0.29, 0.717) is 17.1 Å². The predicted molar refractivity (Wildman–Crippen MR) is 72.2 cm³/mol. The molecule has 96 valence electrons. The molecule has 0 spiro atoms.